The highest BCUT2D eigenvalue weighted by molar-refractivity contribution is 7.63. The Kier molecular flexibility index (Phi) is 6.81. The third-order valence-electron chi connectivity index (χ3n) is 6.95. The van der Waals surface area contributed by atoms with Gasteiger partial charge in [-0.2, -0.15) is 0 Å². The molecule has 35 heavy (non-hydrogen) atoms. The highest BCUT2D eigenvalue weighted by atomic mass is 31.2. The molecule has 0 radical (unpaired) electrons. The van der Waals surface area contributed by atoms with Crippen LogP contribution >= 0.6 is 7.14 Å². The Morgan fingerprint density at radius 3 is 2.57 bits per heavy atom. The summed E-state index contributed by atoms with van der Waals surface area (Å²) in [6.45, 7) is 1.75. The van der Waals surface area contributed by atoms with Crippen molar-refractivity contribution in [3.05, 3.63) is 63.5 Å². The molecule has 0 amide bonds. The van der Waals surface area contributed by atoms with Crippen LogP contribution in [0.1, 0.15) is 36.0 Å². The van der Waals surface area contributed by atoms with Gasteiger partial charge in [0.2, 0.25) is 0 Å². The number of benzene rings is 1. The Labute approximate surface area is 201 Å². The first-order valence-electron chi connectivity index (χ1n) is 11.2. The Hall–Kier alpha value is -2.71. The summed E-state index contributed by atoms with van der Waals surface area (Å²) in [7, 11) is 2.55. The lowest BCUT2D eigenvalue weighted by Gasteiger charge is -2.38. The van der Waals surface area contributed by atoms with Gasteiger partial charge in [-0.15, -0.1) is 0 Å². The number of aromatic nitrogens is 3. The van der Waals surface area contributed by atoms with Gasteiger partial charge in [0, 0.05) is 45.6 Å². The normalized spacial score (nSPS) is 22.6. The topological polar surface area (TPSA) is 77.3 Å². The van der Waals surface area contributed by atoms with E-state index < -0.39 is 30.5 Å². The molecule has 11 heteroatoms. The van der Waals surface area contributed by atoms with E-state index in [0.29, 0.717) is 47.6 Å². The maximum absolute atomic E-state index is 14.7. The average molecular weight is 508 g/mol. The fourth-order valence-corrected chi connectivity index (χ4v) is 6.65. The molecule has 1 fully saturated rings. The minimum absolute atomic E-state index is 0.0227. The lowest BCUT2D eigenvalue weighted by Crippen LogP contribution is -2.40. The summed E-state index contributed by atoms with van der Waals surface area (Å²) in [5.74, 6) is -0.540. The van der Waals surface area contributed by atoms with Crippen molar-refractivity contribution in [1.29, 1.82) is 0 Å². The number of ether oxygens (including phenoxy) is 1. The predicted molar refractivity (Wildman–Crippen MR) is 129 cm³/mol. The number of aryl methyl sites for hydroxylation is 1. The van der Waals surface area contributed by atoms with Crippen molar-refractivity contribution in [1.82, 2.24) is 14.5 Å². The van der Waals surface area contributed by atoms with Crippen LogP contribution in [0.5, 0.6) is 0 Å². The van der Waals surface area contributed by atoms with Gasteiger partial charge in [-0.1, -0.05) is 18.2 Å². The molecule has 1 aliphatic rings. The van der Waals surface area contributed by atoms with Gasteiger partial charge in [-0.3, -0.25) is 9.36 Å². The van der Waals surface area contributed by atoms with Crippen LogP contribution in [0.3, 0.4) is 0 Å². The van der Waals surface area contributed by atoms with Gasteiger partial charge in [-0.05, 0) is 25.6 Å². The largest absolute Gasteiger partial charge is 0.373 e. The molecule has 3 heterocycles. The molecule has 188 valence electrons. The van der Waals surface area contributed by atoms with E-state index in [0.717, 1.165) is 6.07 Å². The SMILES string of the molecule is COC1(c2cc3c(N(C)Cc4cccc(C(F)F)c4F)ncnc3n(C)c2=O)CCP(C)(=O)CC1. The van der Waals surface area contributed by atoms with Crippen LogP contribution in [0.15, 0.2) is 35.4 Å². The fourth-order valence-electron chi connectivity index (χ4n) is 4.76. The number of nitrogens with zero attached hydrogens (tertiary/aromatic N) is 4. The van der Waals surface area contributed by atoms with Crippen molar-refractivity contribution in [3.8, 4) is 0 Å². The van der Waals surface area contributed by atoms with E-state index in [1.165, 1.54) is 23.0 Å². The van der Waals surface area contributed by atoms with E-state index in [1.807, 2.05) is 0 Å². The zero-order chi connectivity index (χ0) is 25.5. The molecule has 1 saturated heterocycles. The number of rotatable bonds is 6. The van der Waals surface area contributed by atoms with E-state index in [4.69, 9.17) is 4.74 Å². The van der Waals surface area contributed by atoms with E-state index in [-0.39, 0.29) is 17.7 Å². The molecule has 0 saturated carbocycles. The average Bonchev–Trinajstić information content (AvgIpc) is 2.82. The van der Waals surface area contributed by atoms with Crippen molar-refractivity contribution >= 4 is 24.0 Å². The third-order valence-corrected chi connectivity index (χ3v) is 9.29. The van der Waals surface area contributed by atoms with Crippen molar-refractivity contribution in [2.24, 2.45) is 7.05 Å². The molecule has 0 atom stereocenters. The van der Waals surface area contributed by atoms with Gasteiger partial charge in [0.05, 0.1) is 29.3 Å². The lowest BCUT2D eigenvalue weighted by molar-refractivity contribution is -0.0247. The molecule has 7 nitrogen and oxygen atoms in total. The van der Waals surface area contributed by atoms with E-state index >= 15 is 0 Å². The zero-order valence-corrected chi connectivity index (χ0v) is 21.0. The van der Waals surface area contributed by atoms with Crippen LogP contribution in [0.2, 0.25) is 0 Å². The number of fused-ring (bicyclic) bond motifs is 1. The summed E-state index contributed by atoms with van der Waals surface area (Å²) in [5.41, 5.74) is -0.918. The number of anilines is 1. The molecule has 1 aliphatic heterocycles. The first kappa shape index (κ1) is 25.4. The Balaban J connectivity index is 1.81. The van der Waals surface area contributed by atoms with Crippen molar-refractivity contribution in [2.45, 2.75) is 31.4 Å². The molecule has 1 aromatic carbocycles. The van der Waals surface area contributed by atoms with Crippen LogP contribution < -0.4 is 10.5 Å². The molecular weight excluding hydrogens is 480 g/mol. The molecule has 4 rings (SSSR count). The van der Waals surface area contributed by atoms with E-state index in [9.17, 15) is 22.5 Å². The monoisotopic (exact) mass is 508 g/mol. The van der Waals surface area contributed by atoms with Gasteiger partial charge in [0.1, 0.15) is 23.6 Å². The second-order valence-electron chi connectivity index (χ2n) is 9.28. The molecule has 2 aromatic heterocycles. The van der Waals surface area contributed by atoms with Crippen LogP contribution in [0.4, 0.5) is 19.0 Å². The smallest absolute Gasteiger partial charge is 0.266 e. The maximum Gasteiger partial charge on any atom is 0.266 e. The standard InChI is InChI=1S/C24H28F3N4O3P/c1-30(13-15-6-5-7-16(19(15)25)20(26)27)21-17-12-18(23(32)31(2)22(17)29-14-28-21)24(34-3)8-10-35(4,33)11-9-24/h5-7,12,14,20H,8-11,13H2,1-4H3. The molecule has 0 N–H and O–H groups in total. The molecule has 0 spiro atoms. The number of hydrogen-bond acceptors (Lipinski definition) is 6. The summed E-state index contributed by atoms with van der Waals surface area (Å²) in [4.78, 5) is 23.6. The van der Waals surface area contributed by atoms with Crippen molar-refractivity contribution in [2.75, 3.05) is 38.0 Å². The summed E-state index contributed by atoms with van der Waals surface area (Å²) in [6.07, 6.45) is 0.223. The number of pyridine rings is 1. The molecule has 0 aliphatic carbocycles. The lowest BCUT2D eigenvalue weighted by atomic mass is 9.88. The van der Waals surface area contributed by atoms with Crippen LogP contribution in [-0.4, -0.2) is 47.7 Å². The second kappa shape index (κ2) is 9.39. The van der Waals surface area contributed by atoms with Gasteiger partial charge in [-0.25, -0.2) is 23.1 Å². The minimum atomic E-state index is -2.92. The van der Waals surface area contributed by atoms with Gasteiger partial charge in [0.15, 0.2) is 0 Å². The predicted octanol–water partition coefficient (Wildman–Crippen LogP) is 4.67. The summed E-state index contributed by atoms with van der Waals surface area (Å²) < 4.78 is 60.9. The van der Waals surface area contributed by atoms with Crippen LogP contribution in [-0.2, 0) is 28.5 Å². The Morgan fingerprint density at radius 1 is 1.26 bits per heavy atom. The quantitative estimate of drug-likeness (QED) is 0.451. The highest BCUT2D eigenvalue weighted by Crippen LogP contribution is 2.53. The van der Waals surface area contributed by atoms with Gasteiger partial charge in [0.25, 0.3) is 12.0 Å². The second-order valence-corrected chi connectivity index (χ2v) is 12.8. The molecule has 0 unspecified atom stereocenters. The zero-order valence-electron chi connectivity index (χ0n) is 20.1. The summed E-state index contributed by atoms with van der Waals surface area (Å²) >= 11 is 0. The van der Waals surface area contributed by atoms with Crippen molar-refractivity contribution in [3.63, 3.8) is 0 Å². The number of hydrogen-bond donors (Lipinski definition) is 0. The van der Waals surface area contributed by atoms with Crippen molar-refractivity contribution < 1.29 is 22.5 Å². The fraction of sp³-hybridized carbons (Fsp3) is 0.458. The molecule has 0 bridgehead atoms. The third kappa shape index (κ3) is 4.61. The number of alkyl halides is 2. The first-order chi connectivity index (χ1) is 16.5. The highest BCUT2D eigenvalue weighted by Gasteiger charge is 2.42. The number of halogens is 3. The van der Waals surface area contributed by atoms with Gasteiger partial charge >= 0.3 is 0 Å². The number of methoxy groups -OCH3 is 1. The van der Waals surface area contributed by atoms with Crippen LogP contribution in [0, 0.1) is 5.82 Å². The van der Waals surface area contributed by atoms with E-state index in [2.05, 4.69) is 9.97 Å². The van der Waals surface area contributed by atoms with E-state index in [1.54, 1.807) is 38.8 Å². The summed E-state index contributed by atoms with van der Waals surface area (Å²) in [5, 5.41) is 0.541. The first-order valence-corrected chi connectivity index (χ1v) is 13.7. The Morgan fingerprint density at radius 2 is 1.94 bits per heavy atom. The molecular formula is C24H28F3N4O3P. The van der Waals surface area contributed by atoms with Gasteiger partial charge < -0.3 is 14.2 Å². The molecule has 3 aromatic rings. The maximum atomic E-state index is 14.7. The Bertz CT molecular complexity index is 1370. The summed E-state index contributed by atoms with van der Waals surface area (Å²) in [6, 6.07) is 5.61. The van der Waals surface area contributed by atoms with Crippen LogP contribution in [0.25, 0.3) is 11.0 Å². The minimum Gasteiger partial charge on any atom is -0.373 e.